The SMILES string of the molecule is Cc1cc(-c2nn(OC(=O)C(F)(F)F)c3cc4c(cc23)CCN(C(C)c2ccc(F)cc2)C(=O)N4)ccn1. The lowest BCUT2D eigenvalue weighted by Crippen LogP contribution is -2.36. The second-order valence-corrected chi connectivity index (χ2v) is 8.91. The van der Waals surface area contributed by atoms with Crippen molar-refractivity contribution in [1.82, 2.24) is 19.8 Å². The predicted octanol–water partition coefficient (Wildman–Crippen LogP) is 5.21. The minimum absolute atomic E-state index is 0.0612. The molecular weight excluding hydrogens is 506 g/mol. The van der Waals surface area contributed by atoms with Crippen molar-refractivity contribution in [2.24, 2.45) is 0 Å². The summed E-state index contributed by atoms with van der Waals surface area (Å²) >= 11 is 0. The highest BCUT2D eigenvalue weighted by atomic mass is 19.4. The standard InChI is InChI=1S/C26H21F4N5O3/c1-14-11-18(7-9-31-14)23-20-12-17-8-10-34(15(2)16-3-5-19(27)6-4-16)25(37)32-21(17)13-22(20)35(33-23)38-24(36)26(28,29)30/h3-7,9,11-13,15H,8,10H2,1-2H3,(H,32,37). The maximum absolute atomic E-state index is 13.4. The first kappa shape index (κ1) is 25.2. The first-order valence-corrected chi connectivity index (χ1v) is 11.6. The number of nitrogens with one attached hydrogen (secondary N) is 1. The number of aryl methyl sites for hydroxylation is 1. The fourth-order valence-electron chi connectivity index (χ4n) is 4.43. The molecule has 1 unspecified atom stereocenters. The molecule has 1 N–H and O–H groups in total. The highest BCUT2D eigenvalue weighted by Crippen LogP contribution is 2.35. The minimum Gasteiger partial charge on any atom is -0.317 e. The Balaban J connectivity index is 1.56. The summed E-state index contributed by atoms with van der Waals surface area (Å²) in [6, 6.07) is 11.5. The number of nitrogens with zero attached hydrogens (tertiary/aromatic N) is 4. The number of carbonyl (C=O) groups excluding carboxylic acids is 2. The molecular formula is C26H21F4N5O3. The average molecular weight is 527 g/mol. The zero-order chi connectivity index (χ0) is 27.2. The zero-order valence-electron chi connectivity index (χ0n) is 20.2. The number of carbonyl (C=O) groups is 2. The summed E-state index contributed by atoms with van der Waals surface area (Å²) in [5.74, 6) is -2.82. The van der Waals surface area contributed by atoms with Gasteiger partial charge in [0.05, 0.1) is 6.04 Å². The summed E-state index contributed by atoms with van der Waals surface area (Å²) in [6.45, 7) is 3.90. The van der Waals surface area contributed by atoms with Crippen molar-refractivity contribution in [1.29, 1.82) is 0 Å². The molecule has 4 aromatic rings. The molecule has 0 fully saturated rings. The van der Waals surface area contributed by atoms with Crippen LogP contribution in [-0.4, -0.2) is 44.5 Å². The Labute approximate surface area is 213 Å². The first-order chi connectivity index (χ1) is 18.0. The van der Waals surface area contributed by atoms with E-state index in [9.17, 15) is 27.2 Å². The fourth-order valence-corrected chi connectivity index (χ4v) is 4.43. The third kappa shape index (κ3) is 4.76. The third-order valence-corrected chi connectivity index (χ3v) is 6.39. The largest absolute Gasteiger partial charge is 0.493 e. The molecule has 0 saturated carbocycles. The number of rotatable bonds is 4. The van der Waals surface area contributed by atoms with Gasteiger partial charge in [-0.25, -0.2) is 14.0 Å². The molecule has 5 rings (SSSR count). The van der Waals surface area contributed by atoms with Gasteiger partial charge in [0, 0.05) is 35.1 Å². The van der Waals surface area contributed by atoms with Crippen LogP contribution in [0.25, 0.3) is 22.2 Å². The molecule has 2 aromatic carbocycles. The number of benzene rings is 2. The van der Waals surface area contributed by atoms with E-state index in [0.717, 1.165) is 5.56 Å². The van der Waals surface area contributed by atoms with Gasteiger partial charge in [-0.1, -0.05) is 17.0 Å². The molecule has 0 spiro atoms. The van der Waals surface area contributed by atoms with Gasteiger partial charge in [0.2, 0.25) is 0 Å². The topological polar surface area (TPSA) is 89.4 Å². The summed E-state index contributed by atoms with van der Waals surface area (Å²) in [6.07, 6.45) is -3.28. The molecule has 0 bridgehead atoms. The quantitative estimate of drug-likeness (QED) is 0.368. The van der Waals surface area contributed by atoms with Crippen LogP contribution in [-0.2, 0) is 11.2 Å². The molecule has 0 radical (unpaired) electrons. The van der Waals surface area contributed by atoms with Crippen molar-refractivity contribution in [3.05, 3.63) is 77.4 Å². The van der Waals surface area contributed by atoms with Crippen LogP contribution in [0.2, 0.25) is 0 Å². The van der Waals surface area contributed by atoms with Crippen LogP contribution in [0.4, 0.5) is 28.0 Å². The Bertz CT molecular complexity index is 1550. The maximum Gasteiger partial charge on any atom is 0.493 e. The van der Waals surface area contributed by atoms with E-state index in [1.807, 2.05) is 6.92 Å². The van der Waals surface area contributed by atoms with Crippen molar-refractivity contribution in [2.75, 3.05) is 11.9 Å². The van der Waals surface area contributed by atoms with Gasteiger partial charge < -0.3 is 15.1 Å². The molecule has 1 aliphatic rings. The molecule has 38 heavy (non-hydrogen) atoms. The van der Waals surface area contributed by atoms with E-state index in [1.165, 1.54) is 24.4 Å². The van der Waals surface area contributed by atoms with Crippen LogP contribution in [0.1, 0.15) is 29.8 Å². The summed E-state index contributed by atoms with van der Waals surface area (Å²) in [5, 5.41) is 7.37. The van der Waals surface area contributed by atoms with Crippen molar-refractivity contribution in [2.45, 2.75) is 32.5 Å². The molecule has 2 aromatic heterocycles. The van der Waals surface area contributed by atoms with Gasteiger partial charge in [0.1, 0.15) is 17.0 Å². The second kappa shape index (κ2) is 9.43. The molecule has 0 saturated heterocycles. The van der Waals surface area contributed by atoms with E-state index < -0.39 is 18.2 Å². The number of amides is 2. The Morgan fingerprint density at radius 3 is 2.55 bits per heavy atom. The number of anilines is 1. The number of pyridine rings is 1. The number of fused-ring (bicyclic) bond motifs is 2. The lowest BCUT2D eigenvalue weighted by atomic mass is 10.0. The normalized spacial score (nSPS) is 14.6. The highest BCUT2D eigenvalue weighted by Gasteiger charge is 2.42. The molecule has 1 aliphatic heterocycles. The van der Waals surface area contributed by atoms with Gasteiger partial charge in [-0.15, -0.1) is 5.10 Å². The van der Waals surface area contributed by atoms with Crippen LogP contribution in [0, 0.1) is 12.7 Å². The number of urea groups is 1. The van der Waals surface area contributed by atoms with E-state index in [1.54, 1.807) is 42.2 Å². The summed E-state index contributed by atoms with van der Waals surface area (Å²) < 4.78 is 52.3. The average Bonchev–Trinajstić information content (AvgIpc) is 3.11. The molecule has 8 nitrogen and oxygen atoms in total. The molecule has 0 aliphatic carbocycles. The minimum atomic E-state index is -5.23. The number of halogens is 4. The van der Waals surface area contributed by atoms with E-state index in [0.29, 0.717) is 45.7 Å². The number of alkyl halides is 3. The van der Waals surface area contributed by atoms with Gasteiger partial charge in [0.25, 0.3) is 0 Å². The number of hydrogen-bond acceptors (Lipinski definition) is 5. The van der Waals surface area contributed by atoms with Gasteiger partial charge in [0.15, 0.2) is 0 Å². The highest BCUT2D eigenvalue weighted by molar-refractivity contribution is 5.99. The number of aromatic nitrogens is 3. The van der Waals surface area contributed by atoms with E-state index in [4.69, 9.17) is 0 Å². The van der Waals surface area contributed by atoms with E-state index in [2.05, 4.69) is 20.2 Å². The van der Waals surface area contributed by atoms with Crippen molar-refractivity contribution >= 4 is 28.6 Å². The van der Waals surface area contributed by atoms with Crippen LogP contribution < -0.4 is 10.2 Å². The second-order valence-electron chi connectivity index (χ2n) is 8.91. The summed E-state index contributed by atoms with van der Waals surface area (Å²) in [7, 11) is 0. The number of hydrogen-bond donors (Lipinski definition) is 1. The predicted molar refractivity (Wildman–Crippen MR) is 130 cm³/mol. The van der Waals surface area contributed by atoms with Gasteiger partial charge in [-0.3, -0.25) is 4.98 Å². The smallest absolute Gasteiger partial charge is 0.317 e. The van der Waals surface area contributed by atoms with Crippen LogP contribution in [0.3, 0.4) is 0 Å². The van der Waals surface area contributed by atoms with Crippen molar-refractivity contribution in [3.8, 4) is 11.3 Å². The summed E-state index contributed by atoms with van der Waals surface area (Å²) in [5.41, 5.74) is 3.37. The maximum atomic E-state index is 13.4. The zero-order valence-corrected chi connectivity index (χ0v) is 20.2. The Kier molecular flexibility index (Phi) is 6.25. The first-order valence-electron chi connectivity index (χ1n) is 11.6. The van der Waals surface area contributed by atoms with Gasteiger partial charge in [-0.2, -0.15) is 13.2 Å². The van der Waals surface area contributed by atoms with Crippen molar-refractivity contribution < 1.29 is 32.0 Å². The van der Waals surface area contributed by atoms with Crippen LogP contribution >= 0.6 is 0 Å². The van der Waals surface area contributed by atoms with E-state index >= 15 is 0 Å². The lowest BCUT2D eigenvalue weighted by Gasteiger charge is -2.28. The van der Waals surface area contributed by atoms with Crippen LogP contribution in [0.5, 0.6) is 0 Å². The molecule has 3 heterocycles. The third-order valence-electron chi connectivity index (χ3n) is 6.39. The molecule has 1 atom stereocenters. The van der Waals surface area contributed by atoms with Gasteiger partial charge >= 0.3 is 18.2 Å². The Morgan fingerprint density at radius 1 is 1.13 bits per heavy atom. The van der Waals surface area contributed by atoms with Crippen LogP contribution in [0.15, 0.2) is 54.7 Å². The van der Waals surface area contributed by atoms with Crippen molar-refractivity contribution in [3.63, 3.8) is 0 Å². The lowest BCUT2D eigenvalue weighted by molar-refractivity contribution is -0.200. The molecule has 196 valence electrons. The monoisotopic (exact) mass is 527 g/mol. The molecule has 2 amide bonds. The summed E-state index contributed by atoms with van der Waals surface area (Å²) in [4.78, 5) is 35.6. The fraction of sp³-hybridized carbons (Fsp3) is 0.231. The Morgan fingerprint density at radius 2 is 1.87 bits per heavy atom. The molecule has 12 heteroatoms. The Hall–Kier alpha value is -4.48. The van der Waals surface area contributed by atoms with E-state index in [-0.39, 0.29) is 23.1 Å². The van der Waals surface area contributed by atoms with Gasteiger partial charge in [-0.05, 0) is 67.8 Å².